The molecule has 3 aromatic rings. The Kier molecular flexibility index (Phi) is 3.08. The third kappa shape index (κ3) is 2.21. The molecule has 0 amide bonds. The van der Waals surface area contributed by atoms with Crippen LogP contribution in [0.3, 0.4) is 0 Å². The Bertz CT molecular complexity index is 754. The lowest BCUT2D eigenvalue weighted by molar-refractivity contribution is 0.627. The zero-order chi connectivity index (χ0) is 14.1. The Morgan fingerprint density at radius 3 is 2.55 bits per heavy atom. The predicted molar refractivity (Wildman–Crippen MR) is 74.0 cm³/mol. The van der Waals surface area contributed by atoms with Crippen LogP contribution >= 0.6 is 11.6 Å². The van der Waals surface area contributed by atoms with Gasteiger partial charge in [0.1, 0.15) is 5.82 Å². The van der Waals surface area contributed by atoms with Gasteiger partial charge in [-0.05, 0) is 52.9 Å². The van der Waals surface area contributed by atoms with E-state index < -0.39 is 5.82 Å². The van der Waals surface area contributed by atoms with Gasteiger partial charge in [0.15, 0.2) is 5.82 Å². The summed E-state index contributed by atoms with van der Waals surface area (Å²) in [4.78, 5) is 0. The lowest BCUT2D eigenvalue weighted by atomic mass is 10.2. The van der Waals surface area contributed by atoms with Gasteiger partial charge < -0.3 is 5.73 Å². The van der Waals surface area contributed by atoms with E-state index in [2.05, 4.69) is 15.5 Å². The number of hydrogen-bond donors (Lipinski definition) is 1. The van der Waals surface area contributed by atoms with Gasteiger partial charge in [0.25, 0.3) is 0 Å². The van der Waals surface area contributed by atoms with Crippen molar-refractivity contribution in [2.24, 2.45) is 0 Å². The summed E-state index contributed by atoms with van der Waals surface area (Å²) in [6, 6.07) is 11.4. The van der Waals surface area contributed by atoms with E-state index in [-0.39, 0.29) is 5.02 Å². The monoisotopic (exact) mass is 289 g/mol. The summed E-state index contributed by atoms with van der Waals surface area (Å²) in [5, 5.41) is 11.5. The molecule has 0 aliphatic heterocycles. The fraction of sp³-hybridized carbons (Fsp3) is 0. The van der Waals surface area contributed by atoms with Crippen molar-refractivity contribution in [3.63, 3.8) is 0 Å². The van der Waals surface area contributed by atoms with E-state index in [0.717, 1.165) is 5.56 Å². The van der Waals surface area contributed by atoms with Crippen LogP contribution in [-0.4, -0.2) is 20.2 Å². The van der Waals surface area contributed by atoms with E-state index in [0.29, 0.717) is 17.2 Å². The molecule has 100 valence electrons. The molecule has 0 saturated heterocycles. The number of anilines is 1. The minimum Gasteiger partial charge on any atom is -0.399 e. The van der Waals surface area contributed by atoms with Crippen molar-refractivity contribution in [2.75, 3.05) is 5.73 Å². The minimum absolute atomic E-state index is 0.0151. The quantitative estimate of drug-likeness (QED) is 0.736. The van der Waals surface area contributed by atoms with E-state index in [9.17, 15) is 4.39 Å². The molecule has 0 radical (unpaired) electrons. The number of nitrogen functional groups attached to an aromatic ring is 1. The molecule has 20 heavy (non-hydrogen) atoms. The second-order valence-electron chi connectivity index (χ2n) is 4.13. The fourth-order valence-electron chi connectivity index (χ4n) is 1.79. The summed E-state index contributed by atoms with van der Waals surface area (Å²) < 4.78 is 14.7. The molecule has 3 rings (SSSR count). The second-order valence-corrected chi connectivity index (χ2v) is 4.54. The maximum Gasteiger partial charge on any atom is 0.187 e. The van der Waals surface area contributed by atoms with Crippen LogP contribution in [0.15, 0.2) is 42.5 Å². The van der Waals surface area contributed by atoms with Gasteiger partial charge in [-0.3, -0.25) is 0 Å². The molecule has 0 unspecified atom stereocenters. The van der Waals surface area contributed by atoms with E-state index >= 15 is 0 Å². The first-order valence-electron chi connectivity index (χ1n) is 5.75. The number of tetrazole rings is 1. The molecule has 0 atom stereocenters. The van der Waals surface area contributed by atoms with Crippen LogP contribution in [-0.2, 0) is 0 Å². The number of nitrogens with zero attached hydrogens (tertiary/aromatic N) is 4. The minimum atomic E-state index is -0.488. The van der Waals surface area contributed by atoms with E-state index in [1.165, 1.54) is 16.8 Å². The number of nitrogens with two attached hydrogens (primary N) is 1. The van der Waals surface area contributed by atoms with E-state index in [4.69, 9.17) is 17.3 Å². The summed E-state index contributed by atoms with van der Waals surface area (Å²) in [6.45, 7) is 0. The number of rotatable bonds is 2. The van der Waals surface area contributed by atoms with Gasteiger partial charge in [0.05, 0.1) is 10.7 Å². The molecular weight excluding hydrogens is 281 g/mol. The number of benzene rings is 2. The fourth-order valence-corrected chi connectivity index (χ4v) is 1.96. The second kappa shape index (κ2) is 4.90. The summed E-state index contributed by atoms with van der Waals surface area (Å²) in [7, 11) is 0. The van der Waals surface area contributed by atoms with Gasteiger partial charge in [-0.2, -0.15) is 4.68 Å². The Balaban J connectivity index is 2.10. The summed E-state index contributed by atoms with van der Waals surface area (Å²) >= 11 is 5.78. The zero-order valence-electron chi connectivity index (χ0n) is 10.2. The topological polar surface area (TPSA) is 69.6 Å². The molecule has 1 aromatic heterocycles. The van der Waals surface area contributed by atoms with Crippen LogP contribution < -0.4 is 5.73 Å². The summed E-state index contributed by atoms with van der Waals surface area (Å²) in [6.07, 6.45) is 0. The molecule has 7 heteroatoms. The number of halogens is 2. The lowest BCUT2D eigenvalue weighted by Crippen LogP contribution is -2.00. The molecule has 0 saturated carbocycles. The zero-order valence-corrected chi connectivity index (χ0v) is 10.9. The molecule has 0 aliphatic carbocycles. The van der Waals surface area contributed by atoms with Crippen molar-refractivity contribution in [3.05, 3.63) is 53.3 Å². The first-order valence-corrected chi connectivity index (χ1v) is 6.12. The van der Waals surface area contributed by atoms with Crippen LogP contribution in [0.25, 0.3) is 17.1 Å². The Morgan fingerprint density at radius 2 is 1.85 bits per heavy atom. The third-order valence-electron chi connectivity index (χ3n) is 2.79. The molecule has 5 nitrogen and oxygen atoms in total. The van der Waals surface area contributed by atoms with Gasteiger partial charge in [-0.1, -0.05) is 11.6 Å². The number of aromatic nitrogens is 4. The highest BCUT2D eigenvalue weighted by Gasteiger charge is 2.12. The molecule has 2 aromatic carbocycles. The molecule has 0 spiro atoms. The van der Waals surface area contributed by atoms with Gasteiger partial charge in [-0.25, -0.2) is 4.39 Å². The highest BCUT2D eigenvalue weighted by atomic mass is 35.5. The SMILES string of the molecule is Nc1ccc(-c2nnnn2-c2ccc(F)c(Cl)c2)cc1. The molecule has 1 heterocycles. The van der Waals surface area contributed by atoms with Crippen molar-refractivity contribution in [1.82, 2.24) is 20.2 Å². The molecule has 0 bridgehead atoms. The van der Waals surface area contributed by atoms with Gasteiger partial charge in [0, 0.05) is 11.3 Å². The van der Waals surface area contributed by atoms with Crippen molar-refractivity contribution in [2.45, 2.75) is 0 Å². The highest BCUT2D eigenvalue weighted by molar-refractivity contribution is 6.30. The van der Waals surface area contributed by atoms with Crippen molar-refractivity contribution < 1.29 is 4.39 Å². The standard InChI is InChI=1S/C13H9ClFN5/c14-11-7-10(5-6-12(11)15)20-13(17-18-19-20)8-1-3-9(16)4-2-8/h1-7H,16H2. The summed E-state index contributed by atoms with van der Waals surface area (Å²) in [5.41, 5.74) is 7.67. The summed E-state index contributed by atoms with van der Waals surface area (Å²) in [5.74, 6) is 0.0326. The first kappa shape index (κ1) is 12.6. The largest absolute Gasteiger partial charge is 0.399 e. The molecule has 2 N–H and O–H groups in total. The van der Waals surface area contributed by atoms with Crippen LogP contribution in [0.2, 0.25) is 5.02 Å². The van der Waals surface area contributed by atoms with Crippen molar-refractivity contribution in [1.29, 1.82) is 0 Å². The molecule has 0 fully saturated rings. The smallest absolute Gasteiger partial charge is 0.187 e. The van der Waals surface area contributed by atoms with Crippen LogP contribution in [0.5, 0.6) is 0 Å². The average molecular weight is 290 g/mol. The maximum atomic E-state index is 13.2. The van der Waals surface area contributed by atoms with Crippen molar-refractivity contribution in [3.8, 4) is 17.1 Å². The van der Waals surface area contributed by atoms with Gasteiger partial charge in [-0.15, -0.1) is 5.10 Å². The average Bonchev–Trinajstić information content (AvgIpc) is 2.92. The lowest BCUT2D eigenvalue weighted by Gasteiger charge is -2.05. The Hall–Kier alpha value is -2.47. The van der Waals surface area contributed by atoms with Crippen LogP contribution in [0, 0.1) is 5.82 Å². The van der Waals surface area contributed by atoms with Gasteiger partial charge in [0.2, 0.25) is 0 Å². The van der Waals surface area contributed by atoms with E-state index in [1.807, 2.05) is 12.1 Å². The predicted octanol–water partition coefficient (Wildman–Crippen LogP) is 2.70. The van der Waals surface area contributed by atoms with Crippen LogP contribution in [0.4, 0.5) is 10.1 Å². The highest BCUT2D eigenvalue weighted by Crippen LogP contribution is 2.23. The Morgan fingerprint density at radius 1 is 1.10 bits per heavy atom. The Labute approximate surface area is 118 Å². The molecule has 0 aliphatic rings. The maximum absolute atomic E-state index is 13.2. The van der Waals surface area contributed by atoms with Crippen molar-refractivity contribution >= 4 is 17.3 Å². The van der Waals surface area contributed by atoms with E-state index in [1.54, 1.807) is 18.2 Å². The molecular formula is C13H9ClFN5. The van der Waals surface area contributed by atoms with Crippen LogP contribution in [0.1, 0.15) is 0 Å². The number of hydrogen-bond acceptors (Lipinski definition) is 4. The third-order valence-corrected chi connectivity index (χ3v) is 3.08. The normalized spacial score (nSPS) is 10.7. The first-order chi connectivity index (χ1) is 9.65. The van der Waals surface area contributed by atoms with Gasteiger partial charge >= 0.3 is 0 Å².